The average Bonchev–Trinajstić information content (AvgIpc) is 2.77. The molecule has 184 valence electrons. The molecule has 0 bridgehead atoms. The predicted octanol–water partition coefficient (Wildman–Crippen LogP) is 9.82. The first-order valence-corrected chi connectivity index (χ1v) is 14.5. The molecule has 0 heterocycles. The van der Waals surface area contributed by atoms with Crippen molar-refractivity contribution in [3.05, 3.63) is 4.91 Å². The summed E-state index contributed by atoms with van der Waals surface area (Å²) in [5.74, 6) is -0.574. The first-order chi connectivity index (χ1) is 15.3. The number of hydrogen-bond acceptors (Lipinski definition) is 4. The van der Waals surface area contributed by atoms with Crippen LogP contribution in [0.4, 0.5) is 0 Å². The maximum Gasteiger partial charge on any atom is 0.341 e. The lowest BCUT2D eigenvalue weighted by Crippen LogP contribution is -2.15. The number of carbonyl (C=O) groups is 1. The van der Waals surface area contributed by atoms with Crippen LogP contribution in [0, 0.1) is 10.8 Å². The molecule has 31 heavy (non-hydrogen) atoms. The lowest BCUT2D eigenvalue weighted by molar-refractivity contribution is -0.149. The minimum absolute atomic E-state index is 0.150. The van der Waals surface area contributed by atoms with E-state index in [2.05, 4.69) is 33.0 Å². The molecule has 0 saturated carbocycles. The highest BCUT2D eigenvalue weighted by Gasteiger charge is 2.20. The van der Waals surface area contributed by atoms with Crippen LogP contribution in [0.3, 0.4) is 0 Å². The van der Waals surface area contributed by atoms with Gasteiger partial charge in [0.05, 0.1) is 5.92 Å². The summed E-state index contributed by atoms with van der Waals surface area (Å²) >= 11 is 3.49. The summed E-state index contributed by atoms with van der Waals surface area (Å²) in [6.45, 7) is 2.22. The second-order valence-electron chi connectivity index (χ2n) is 9.17. The van der Waals surface area contributed by atoms with E-state index in [1.165, 1.54) is 109 Å². The highest BCUT2D eigenvalue weighted by atomic mass is 79.9. The van der Waals surface area contributed by atoms with Gasteiger partial charge in [0.1, 0.15) is 0 Å². The zero-order chi connectivity index (χ0) is 22.8. The Bertz CT molecular complexity index is 393. The molecule has 0 radical (unpaired) electrons. The Morgan fingerprint density at radius 2 is 1.00 bits per heavy atom. The van der Waals surface area contributed by atoms with Crippen LogP contribution in [-0.4, -0.2) is 11.3 Å². The monoisotopic (exact) mass is 503 g/mol. The molecule has 0 aromatic carbocycles. The zero-order valence-corrected chi connectivity index (χ0v) is 22.0. The maximum atomic E-state index is 12.0. The Hall–Kier alpha value is -0.450. The molecule has 0 spiro atoms. The zero-order valence-electron chi connectivity index (χ0n) is 20.4. The van der Waals surface area contributed by atoms with Crippen molar-refractivity contribution in [2.24, 2.45) is 11.3 Å². The van der Waals surface area contributed by atoms with Crippen LogP contribution in [-0.2, 0) is 9.63 Å². The molecule has 0 aliphatic heterocycles. The summed E-state index contributed by atoms with van der Waals surface area (Å²) in [6, 6.07) is 0. The van der Waals surface area contributed by atoms with E-state index in [1.807, 2.05) is 0 Å². The van der Waals surface area contributed by atoms with Crippen molar-refractivity contribution in [1.29, 1.82) is 0 Å². The van der Waals surface area contributed by atoms with Crippen molar-refractivity contribution < 1.29 is 9.63 Å². The SMILES string of the molecule is CCCCCCCCC(CCCCCCCCCCCCCCCCBr)C(=O)ON=O. The van der Waals surface area contributed by atoms with Gasteiger partial charge < -0.3 is 0 Å². The Balaban J connectivity index is 3.58. The Kier molecular flexibility index (Phi) is 25.4. The third-order valence-electron chi connectivity index (χ3n) is 6.30. The molecule has 0 amide bonds. The molecule has 0 fully saturated rings. The Morgan fingerprint density at radius 1 is 0.645 bits per heavy atom. The second kappa shape index (κ2) is 25.8. The van der Waals surface area contributed by atoms with E-state index in [-0.39, 0.29) is 5.92 Å². The van der Waals surface area contributed by atoms with Gasteiger partial charge in [-0.3, -0.25) is 4.84 Å². The quantitative estimate of drug-likeness (QED) is 0.0538. The third kappa shape index (κ3) is 22.5. The van der Waals surface area contributed by atoms with Gasteiger partial charge in [-0.05, 0) is 19.3 Å². The van der Waals surface area contributed by atoms with E-state index in [4.69, 9.17) is 0 Å². The molecule has 0 aromatic heterocycles. The van der Waals surface area contributed by atoms with Gasteiger partial charge in [0.25, 0.3) is 0 Å². The van der Waals surface area contributed by atoms with Crippen molar-refractivity contribution in [3.8, 4) is 0 Å². The summed E-state index contributed by atoms with van der Waals surface area (Å²) in [4.78, 5) is 26.7. The van der Waals surface area contributed by atoms with E-state index < -0.39 is 5.97 Å². The highest BCUT2D eigenvalue weighted by Crippen LogP contribution is 2.21. The van der Waals surface area contributed by atoms with Crippen LogP contribution < -0.4 is 0 Å². The summed E-state index contributed by atoms with van der Waals surface area (Å²) < 4.78 is 0. The van der Waals surface area contributed by atoms with Gasteiger partial charge in [-0.1, -0.05) is 145 Å². The van der Waals surface area contributed by atoms with E-state index in [9.17, 15) is 9.70 Å². The lowest BCUT2D eigenvalue weighted by Gasteiger charge is -2.13. The highest BCUT2D eigenvalue weighted by molar-refractivity contribution is 9.09. The molecular formula is C26H50BrNO3. The fourth-order valence-corrected chi connectivity index (χ4v) is 4.67. The van der Waals surface area contributed by atoms with Crippen molar-refractivity contribution >= 4 is 21.9 Å². The molecular weight excluding hydrogens is 454 g/mol. The minimum Gasteiger partial charge on any atom is -0.284 e. The molecule has 1 unspecified atom stereocenters. The summed E-state index contributed by atoms with van der Waals surface area (Å²) in [6.07, 6.45) is 27.5. The van der Waals surface area contributed by atoms with Crippen molar-refractivity contribution in [1.82, 2.24) is 0 Å². The smallest absolute Gasteiger partial charge is 0.284 e. The number of halogens is 1. The normalized spacial score (nSPS) is 12.1. The fraction of sp³-hybridized carbons (Fsp3) is 0.962. The van der Waals surface area contributed by atoms with Crippen LogP contribution >= 0.6 is 15.9 Å². The van der Waals surface area contributed by atoms with Crippen molar-refractivity contribution in [3.63, 3.8) is 0 Å². The average molecular weight is 505 g/mol. The summed E-state index contributed by atoms with van der Waals surface area (Å²) in [5.41, 5.74) is 0. The largest absolute Gasteiger partial charge is 0.341 e. The van der Waals surface area contributed by atoms with Crippen LogP contribution in [0.25, 0.3) is 0 Å². The molecule has 0 rings (SSSR count). The van der Waals surface area contributed by atoms with E-state index in [1.54, 1.807) is 0 Å². The Labute approximate surface area is 201 Å². The molecule has 0 saturated heterocycles. The van der Waals surface area contributed by atoms with Gasteiger partial charge in [-0.25, -0.2) is 4.79 Å². The molecule has 1 atom stereocenters. The van der Waals surface area contributed by atoms with Crippen LogP contribution in [0.2, 0.25) is 0 Å². The van der Waals surface area contributed by atoms with Gasteiger partial charge in [0.2, 0.25) is 0 Å². The van der Waals surface area contributed by atoms with Crippen LogP contribution in [0.5, 0.6) is 0 Å². The van der Waals surface area contributed by atoms with Crippen molar-refractivity contribution in [2.45, 2.75) is 148 Å². The number of carbonyl (C=O) groups excluding carboxylic acids is 1. The predicted molar refractivity (Wildman–Crippen MR) is 136 cm³/mol. The van der Waals surface area contributed by atoms with Gasteiger partial charge in [0, 0.05) is 5.33 Å². The lowest BCUT2D eigenvalue weighted by atomic mass is 9.94. The molecule has 0 aromatic rings. The number of hydrogen-bond donors (Lipinski definition) is 0. The van der Waals surface area contributed by atoms with Crippen LogP contribution in [0.1, 0.15) is 148 Å². The first-order valence-electron chi connectivity index (χ1n) is 13.4. The summed E-state index contributed by atoms with van der Waals surface area (Å²) in [7, 11) is 0. The minimum atomic E-state index is -0.424. The molecule has 0 aliphatic carbocycles. The molecule has 0 N–H and O–H groups in total. The number of rotatable bonds is 25. The van der Waals surface area contributed by atoms with Gasteiger partial charge >= 0.3 is 5.97 Å². The number of unbranched alkanes of at least 4 members (excludes halogenated alkanes) is 18. The van der Waals surface area contributed by atoms with E-state index in [0.717, 1.165) is 37.4 Å². The van der Waals surface area contributed by atoms with Crippen LogP contribution in [0.15, 0.2) is 5.34 Å². The van der Waals surface area contributed by atoms with E-state index >= 15 is 0 Å². The molecule has 4 nitrogen and oxygen atoms in total. The summed E-state index contributed by atoms with van der Waals surface area (Å²) in [5, 5.41) is 3.50. The van der Waals surface area contributed by atoms with E-state index in [0.29, 0.717) is 0 Å². The van der Waals surface area contributed by atoms with Gasteiger partial charge in [0.15, 0.2) is 5.34 Å². The standard InChI is InChI=1S/C26H50BrNO3/c1-2-3-4-5-16-19-22-25(26(29)31-28-30)23-20-17-14-12-10-8-6-7-9-11-13-15-18-21-24-27/h25H,2-24H2,1H3. The topological polar surface area (TPSA) is 55.7 Å². The second-order valence-corrected chi connectivity index (χ2v) is 9.96. The maximum absolute atomic E-state index is 12.0. The molecule has 0 aliphatic rings. The number of alkyl halides is 1. The Morgan fingerprint density at radius 3 is 1.35 bits per heavy atom. The third-order valence-corrected chi connectivity index (χ3v) is 6.86. The fourth-order valence-electron chi connectivity index (χ4n) is 4.27. The molecule has 5 heteroatoms. The first kappa shape index (κ1) is 30.6. The van der Waals surface area contributed by atoms with Crippen molar-refractivity contribution in [2.75, 3.05) is 5.33 Å². The van der Waals surface area contributed by atoms with Gasteiger partial charge in [-0.2, -0.15) is 0 Å². The number of nitrogens with zero attached hydrogens (tertiary/aromatic N) is 1. The van der Waals surface area contributed by atoms with Gasteiger partial charge in [-0.15, -0.1) is 4.91 Å².